The van der Waals surface area contributed by atoms with Crippen molar-refractivity contribution in [3.63, 3.8) is 0 Å². The van der Waals surface area contributed by atoms with Crippen LogP contribution in [0.4, 0.5) is 0 Å². The Hall–Kier alpha value is -1.49. The Balaban J connectivity index is 1.75. The van der Waals surface area contributed by atoms with Gasteiger partial charge in [0.25, 0.3) is 0 Å². The van der Waals surface area contributed by atoms with E-state index >= 15 is 0 Å². The normalized spacial score (nSPS) is 11.1. The first-order valence-corrected chi connectivity index (χ1v) is 7.84. The first-order valence-electron chi connectivity index (χ1n) is 6.76. The van der Waals surface area contributed by atoms with Gasteiger partial charge in [-0.3, -0.25) is 0 Å². The molecule has 0 radical (unpaired) electrons. The summed E-state index contributed by atoms with van der Waals surface area (Å²) < 4.78 is 3.05. The third-order valence-electron chi connectivity index (χ3n) is 3.54. The average Bonchev–Trinajstić information content (AvgIpc) is 2.78. The first kappa shape index (κ1) is 13.5. The van der Waals surface area contributed by atoms with Gasteiger partial charge in [-0.25, -0.2) is 0 Å². The number of halogens is 1. The Kier molecular flexibility index (Phi) is 3.96. The third-order valence-corrected chi connectivity index (χ3v) is 4.44. The summed E-state index contributed by atoms with van der Waals surface area (Å²) in [5.41, 5.74) is 1.35. The van der Waals surface area contributed by atoms with Crippen LogP contribution in [0.1, 0.15) is 12.0 Å². The van der Waals surface area contributed by atoms with Crippen molar-refractivity contribution in [3.8, 4) is 5.88 Å². The van der Waals surface area contributed by atoms with E-state index in [0.717, 1.165) is 33.7 Å². The Morgan fingerprint density at radius 2 is 1.80 bits per heavy atom. The van der Waals surface area contributed by atoms with E-state index in [0.29, 0.717) is 5.88 Å². The van der Waals surface area contributed by atoms with Crippen molar-refractivity contribution in [2.24, 2.45) is 0 Å². The lowest BCUT2D eigenvalue weighted by molar-refractivity contribution is 0.418. The van der Waals surface area contributed by atoms with Crippen molar-refractivity contribution < 1.29 is 5.11 Å². The molecule has 0 aliphatic rings. The minimum atomic E-state index is 0.387. The molecule has 0 atom stereocenters. The van der Waals surface area contributed by atoms with Crippen LogP contribution in [0.2, 0.25) is 0 Å². The van der Waals surface area contributed by atoms with Gasteiger partial charge in [0, 0.05) is 21.7 Å². The zero-order valence-electron chi connectivity index (χ0n) is 11.1. The summed E-state index contributed by atoms with van der Waals surface area (Å²) in [6.07, 6.45) is 4.10. The standard InChI is InChI=1S/C17H16INO/c18-15-10-4-9-14-12-19(17(20)16(14)15)11-5-8-13-6-2-1-3-7-13/h1-4,6-7,9-10,12,20H,5,8,11H2. The lowest BCUT2D eigenvalue weighted by Gasteiger charge is -2.05. The van der Waals surface area contributed by atoms with Gasteiger partial charge >= 0.3 is 0 Å². The second-order valence-corrected chi connectivity index (χ2v) is 6.10. The number of rotatable bonds is 4. The van der Waals surface area contributed by atoms with Crippen LogP contribution in [-0.4, -0.2) is 9.67 Å². The monoisotopic (exact) mass is 377 g/mol. The van der Waals surface area contributed by atoms with Crippen molar-refractivity contribution >= 4 is 33.4 Å². The fraction of sp³-hybridized carbons (Fsp3) is 0.176. The molecule has 1 heterocycles. The maximum Gasteiger partial charge on any atom is 0.200 e. The molecule has 0 aliphatic heterocycles. The molecular weight excluding hydrogens is 361 g/mol. The number of aromatic hydroxyl groups is 1. The summed E-state index contributed by atoms with van der Waals surface area (Å²) in [6.45, 7) is 0.839. The second-order valence-electron chi connectivity index (χ2n) is 4.94. The number of nitrogens with zero attached hydrogens (tertiary/aromatic N) is 1. The Bertz CT molecular complexity index is 718. The summed E-state index contributed by atoms with van der Waals surface area (Å²) in [5, 5.41) is 12.4. The smallest absolute Gasteiger partial charge is 0.200 e. The molecule has 3 rings (SSSR count). The molecule has 1 aromatic heterocycles. The van der Waals surface area contributed by atoms with Crippen LogP contribution in [0.3, 0.4) is 0 Å². The molecule has 2 nitrogen and oxygen atoms in total. The van der Waals surface area contributed by atoms with Crippen LogP contribution >= 0.6 is 22.6 Å². The molecule has 1 N–H and O–H groups in total. The molecule has 0 unspecified atom stereocenters. The molecule has 3 aromatic rings. The zero-order chi connectivity index (χ0) is 13.9. The van der Waals surface area contributed by atoms with Gasteiger partial charge in [0.2, 0.25) is 0 Å². The predicted molar refractivity (Wildman–Crippen MR) is 91.1 cm³/mol. The van der Waals surface area contributed by atoms with Crippen LogP contribution in [-0.2, 0) is 13.0 Å². The van der Waals surface area contributed by atoms with Crippen LogP contribution in [0.15, 0.2) is 54.7 Å². The van der Waals surface area contributed by atoms with Gasteiger partial charge in [-0.05, 0) is 47.1 Å². The Morgan fingerprint density at radius 3 is 2.55 bits per heavy atom. The highest BCUT2D eigenvalue weighted by atomic mass is 127. The summed E-state index contributed by atoms with van der Waals surface area (Å²) in [6, 6.07) is 16.6. The highest BCUT2D eigenvalue weighted by Crippen LogP contribution is 2.31. The molecule has 0 fully saturated rings. The minimum absolute atomic E-state index is 0.387. The largest absolute Gasteiger partial charge is 0.494 e. The fourth-order valence-electron chi connectivity index (χ4n) is 2.53. The second kappa shape index (κ2) is 5.87. The van der Waals surface area contributed by atoms with Crippen molar-refractivity contribution in [2.75, 3.05) is 0 Å². The topological polar surface area (TPSA) is 25.2 Å². The summed E-state index contributed by atoms with van der Waals surface area (Å²) >= 11 is 2.27. The van der Waals surface area contributed by atoms with E-state index in [-0.39, 0.29) is 0 Å². The molecule has 3 heteroatoms. The number of hydrogen-bond donors (Lipinski definition) is 1. The third kappa shape index (κ3) is 2.68. The fourth-order valence-corrected chi connectivity index (χ4v) is 3.29. The van der Waals surface area contributed by atoms with E-state index in [1.165, 1.54) is 5.56 Å². The molecule has 0 aliphatic carbocycles. The van der Waals surface area contributed by atoms with E-state index in [1.54, 1.807) is 0 Å². The Labute approximate surface area is 132 Å². The number of fused-ring (bicyclic) bond motifs is 1. The molecule has 0 bridgehead atoms. The quantitative estimate of drug-likeness (QED) is 0.662. The summed E-state index contributed by atoms with van der Waals surface area (Å²) in [4.78, 5) is 0. The van der Waals surface area contributed by atoms with Crippen LogP contribution in [0.5, 0.6) is 5.88 Å². The van der Waals surface area contributed by atoms with E-state index in [1.807, 2.05) is 35.0 Å². The lowest BCUT2D eigenvalue weighted by atomic mass is 10.1. The summed E-state index contributed by atoms with van der Waals surface area (Å²) in [7, 11) is 0. The SMILES string of the molecule is Oc1c2c(I)cccc2cn1CCCc1ccccc1. The highest BCUT2D eigenvalue weighted by Gasteiger charge is 2.10. The summed E-state index contributed by atoms with van der Waals surface area (Å²) in [5.74, 6) is 0.387. The van der Waals surface area contributed by atoms with Crippen LogP contribution in [0, 0.1) is 3.57 Å². The lowest BCUT2D eigenvalue weighted by Crippen LogP contribution is -1.97. The van der Waals surface area contributed by atoms with Gasteiger partial charge < -0.3 is 9.67 Å². The molecule has 0 saturated heterocycles. The molecule has 2 aromatic carbocycles. The van der Waals surface area contributed by atoms with Crippen LogP contribution in [0.25, 0.3) is 10.8 Å². The van der Waals surface area contributed by atoms with Crippen molar-refractivity contribution in [3.05, 3.63) is 63.9 Å². The van der Waals surface area contributed by atoms with Crippen LogP contribution < -0.4 is 0 Å². The zero-order valence-corrected chi connectivity index (χ0v) is 13.2. The number of benzene rings is 2. The number of aromatic nitrogens is 1. The minimum Gasteiger partial charge on any atom is -0.494 e. The van der Waals surface area contributed by atoms with Gasteiger partial charge in [0.05, 0.1) is 5.39 Å². The van der Waals surface area contributed by atoms with Gasteiger partial charge in [-0.2, -0.15) is 0 Å². The molecule has 0 spiro atoms. The highest BCUT2D eigenvalue weighted by molar-refractivity contribution is 14.1. The molecule has 0 amide bonds. The van der Waals surface area contributed by atoms with Gasteiger partial charge in [-0.15, -0.1) is 0 Å². The first-order chi connectivity index (χ1) is 9.75. The van der Waals surface area contributed by atoms with E-state index < -0.39 is 0 Å². The maximum absolute atomic E-state index is 10.3. The van der Waals surface area contributed by atoms with Gasteiger partial charge in [0.1, 0.15) is 0 Å². The molecular formula is C17H16INO. The van der Waals surface area contributed by atoms with E-state index in [9.17, 15) is 5.11 Å². The van der Waals surface area contributed by atoms with Gasteiger partial charge in [-0.1, -0.05) is 42.5 Å². The average molecular weight is 377 g/mol. The predicted octanol–water partition coefficient (Wildman–Crippen LogP) is 4.58. The van der Waals surface area contributed by atoms with E-state index in [2.05, 4.69) is 46.9 Å². The maximum atomic E-state index is 10.3. The van der Waals surface area contributed by atoms with E-state index in [4.69, 9.17) is 0 Å². The van der Waals surface area contributed by atoms with Crippen molar-refractivity contribution in [2.45, 2.75) is 19.4 Å². The molecule has 20 heavy (non-hydrogen) atoms. The van der Waals surface area contributed by atoms with Crippen molar-refractivity contribution in [1.82, 2.24) is 4.57 Å². The van der Waals surface area contributed by atoms with Gasteiger partial charge in [0.15, 0.2) is 5.88 Å². The molecule has 102 valence electrons. The molecule has 0 saturated carbocycles. The number of hydrogen-bond acceptors (Lipinski definition) is 1. The Morgan fingerprint density at radius 1 is 1.00 bits per heavy atom. The van der Waals surface area contributed by atoms with Crippen molar-refractivity contribution in [1.29, 1.82) is 0 Å². The number of aryl methyl sites for hydroxylation is 2.